The molecule has 3 heteroatoms. The standard InChI is InChI=1S/C11H22N2O/c1-13(2)11(14)7-9-12-8-6-10-4-3-5-10/h10,12H,3-9H2,1-2H3. The molecule has 0 heterocycles. The minimum Gasteiger partial charge on any atom is -0.349 e. The minimum atomic E-state index is 0.209. The van der Waals surface area contributed by atoms with Gasteiger partial charge in [-0.3, -0.25) is 4.79 Å². The quantitative estimate of drug-likeness (QED) is 0.651. The van der Waals surface area contributed by atoms with E-state index in [9.17, 15) is 4.79 Å². The number of nitrogens with zero attached hydrogens (tertiary/aromatic N) is 1. The van der Waals surface area contributed by atoms with Crippen molar-refractivity contribution in [1.29, 1.82) is 0 Å². The summed E-state index contributed by atoms with van der Waals surface area (Å²) in [6.07, 6.45) is 6.16. The molecule has 0 bridgehead atoms. The molecule has 82 valence electrons. The lowest BCUT2D eigenvalue weighted by atomic mass is 9.83. The van der Waals surface area contributed by atoms with Crippen molar-refractivity contribution in [2.45, 2.75) is 32.1 Å². The van der Waals surface area contributed by atoms with Crippen LogP contribution in [0.3, 0.4) is 0 Å². The summed E-state index contributed by atoms with van der Waals surface area (Å²) in [4.78, 5) is 12.8. The van der Waals surface area contributed by atoms with E-state index in [0.29, 0.717) is 6.42 Å². The van der Waals surface area contributed by atoms with Gasteiger partial charge in [-0.05, 0) is 18.9 Å². The molecule has 3 nitrogen and oxygen atoms in total. The van der Waals surface area contributed by atoms with Gasteiger partial charge in [0.1, 0.15) is 0 Å². The molecule has 0 spiro atoms. The molecular weight excluding hydrogens is 176 g/mol. The Morgan fingerprint density at radius 3 is 2.57 bits per heavy atom. The Kier molecular flexibility index (Phi) is 4.94. The molecule has 14 heavy (non-hydrogen) atoms. The van der Waals surface area contributed by atoms with Crippen LogP contribution < -0.4 is 5.32 Å². The summed E-state index contributed by atoms with van der Waals surface area (Å²) in [5, 5.41) is 3.32. The van der Waals surface area contributed by atoms with Crippen LogP contribution in [0.1, 0.15) is 32.1 Å². The molecule has 1 rings (SSSR count). The fourth-order valence-electron chi connectivity index (χ4n) is 1.63. The molecule has 0 unspecified atom stereocenters. The van der Waals surface area contributed by atoms with E-state index in [1.165, 1.54) is 25.7 Å². The fraction of sp³-hybridized carbons (Fsp3) is 0.909. The van der Waals surface area contributed by atoms with Crippen LogP contribution in [0.5, 0.6) is 0 Å². The van der Waals surface area contributed by atoms with Crippen molar-refractivity contribution >= 4 is 5.91 Å². The summed E-state index contributed by atoms with van der Waals surface area (Å²) in [5.74, 6) is 1.17. The Morgan fingerprint density at radius 1 is 1.36 bits per heavy atom. The fourth-order valence-corrected chi connectivity index (χ4v) is 1.63. The van der Waals surface area contributed by atoms with E-state index in [1.54, 1.807) is 19.0 Å². The first kappa shape index (κ1) is 11.5. The van der Waals surface area contributed by atoms with Crippen molar-refractivity contribution in [3.63, 3.8) is 0 Å². The minimum absolute atomic E-state index is 0.209. The van der Waals surface area contributed by atoms with Crippen LogP contribution >= 0.6 is 0 Å². The molecule has 0 aromatic rings. The first-order chi connectivity index (χ1) is 6.70. The third-order valence-electron chi connectivity index (χ3n) is 2.97. The second kappa shape index (κ2) is 6.02. The van der Waals surface area contributed by atoms with Crippen LogP contribution in [0.2, 0.25) is 0 Å². The summed E-state index contributed by atoms with van der Waals surface area (Å²) in [7, 11) is 3.60. The number of carbonyl (C=O) groups is 1. The van der Waals surface area contributed by atoms with Crippen LogP contribution in [0, 0.1) is 5.92 Å². The van der Waals surface area contributed by atoms with Crippen molar-refractivity contribution in [1.82, 2.24) is 10.2 Å². The lowest BCUT2D eigenvalue weighted by molar-refractivity contribution is -0.128. The molecule has 1 N–H and O–H groups in total. The lowest BCUT2D eigenvalue weighted by Gasteiger charge is -2.25. The largest absolute Gasteiger partial charge is 0.349 e. The van der Waals surface area contributed by atoms with Gasteiger partial charge in [0.2, 0.25) is 5.91 Å². The second-order valence-corrected chi connectivity index (χ2v) is 4.37. The van der Waals surface area contributed by atoms with Crippen molar-refractivity contribution in [2.24, 2.45) is 5.92 Å². The van der Waals surface area contributed by atoms with Gasteiger partial charge in [0.25, 0.3) is 0 Å². The highest BCUT2D eigenvalue weighted by atomic mass is 16.2. The molecule has 0 saturated heterocycles. The van der Waals surface area contributed by atoms with E-state index in [4.69, 9.17) is 0 Å². The first-order valence-electron chi connectivity index (χ1n) is 5.61. The van der Waals surface area contributed by atoms with Gasteiger partial charge < -0.3 is 10.2 Å². The smallest absolute Gasteiger partial charge is 0.223 e. The molecule has 0 aromatic heterocycles. The van der Waals surface area contributed by atoms with E-state index in [1.807, 2.05) is 0 Å². The van der Waals surface area contributed by atoms with E-state index in [0.717, 1.165) is 19.0 Å². The van der Waals surface area contributed by atoms with Gasteiger partial charge in [-0.25, -0.2) is 0 Å². The molecule has 0 radical (unpaired) electrons. The molecule has 1 fully saturated rings. The highest BCUT2D eigenvalue weighted by molar-refractivity contribution is 5.75. The topological polar surface area (TPSA) is 32.3 Å². The van der Waals surface area contributed by atoms with Crippen LogP contribution in [0.25, 0.3) is 0 Å². The Hall–Kier alpha value is -0.570. The van der Waals surface area contributed by atoms with Gasteiger partial charge in [0.15, 0.2) is 0 Å². The van der Waals surface area contributed by atoms with Gasteiger partial charge >= 0.3 is 0 Å². The Morgan fingerprint density at radius 2 is 2.07 bits per heavy atom. The summed E-state index contributed by atoms with van der Waals surface area (Å²) in [6, 6.07) is 0. The van der Waals surface area contributed by atoms with E-state index in [-0.39, 0.29) is 5.91 Å². The van der Waals surface area contributed by atoms with Crippen LogP contribution in [0.15, 0.2) is 0 Å². The summed E-state index contributed by atoms with van der Waals surface area (Å²) in [5.41, 5.74) is 0. The van der Waals surface area contributed by atoms with Gasteiger partial charge in [-0.15, -0.1) is 0 Å². The maximum Gasteiger partial charge on any atom is 0.223 e. The van der Waals surface area contributed by atoms with E-state index < -0.39 is 0 Å². The molecule has 0 atom stereocenters. The lowest BCUT2D eigenvalue weighted by Crippen LogP contribution is -2.28. The first-order valence-corrected chi connectivity index (χ1v) is 5.61. The third-order valence-corrected chi connectivity index (χ3v) is 2.97. The number of hydrogen-bond acceptors (Lipinski definition) is 2. The van der Waals surface area contributed by atoms with Crippen LogP contribution in [-0.2, 0) is 4.79 Å². The number of carbonyl (C=O) groups excluding carboxylic acids is 1. The molecule has 0 aliphatic heterocycles. The summed E-state index contributed by atoms with van der Waals surface area (Å²) < 4.78 is 0. The maximum absolute atomic E-state index is 11.2. The van der Waals surface area contributed by atoms with Gasteiger partial charge in [-0.1, -0.05) is 19.3 Å². The normalized spacial score (nSPS) is 16.4. The monoisotopic (exact) mass is 198 g/mol. The average molecular weight is 198 g/mol. The predicted octanol–water partition coefficient (Wildman–Crippen LogP) is 1.24. The zero-order valence-corrected chi connectivity index (χ0v) is 9.38. The Labute approximate surface area is 86.9 Å². The van der Waals surface area contributed by atoms with Crippen molar-refractivity contribution in [3.05, 3.63) is 0 Å². The zero-order valence-electron chi connectivity index (χ0n) is 9.38. The second-order valence-electron chi connectivity index (χ2n) is 4.37. The Balaban J connectivity index is 1.86. The van der Waals surface area contributed by atoms with Gasteiger partial charge in [-0.2, -0.15) is 0 Å². The summed E-state index contributed by atoms with van der Waals surface area (Å²) in [6.45, 7) is 1.90. The summed E-state index contributed by atoms with van der Waals surface area (Å²) >= 11 is 0. The maximum atomic E-state index is 11.2. The molecule has 0 aromatic carbocycles. The van der Waals surface area contributed by atoms with Gasteiger partial charge in [0.05, 0.1) is 0 Å². The average Bonchev–Trinajstić information content (AvgIpc) is 2.07. The Bertz CT molecular complexity index is 176. The van der Waals surface area contributed by atoms with E-state index >= 15 is 0 Å². The van der Waals surface area contributed by atoms with Crippen molar-refractivity contribution in [3.8, 4) is 0 Å². The van der Waals surface area contributed by atoms with Crippen molar-refractivity contribution < 1.29 is 4.79 Å². The van der Waals surface area contributed by atoms with Crippen LogP contribution in [0.4, 0.5) is 0 Å². The number of amides is 1. The van der Waals surface area contributed by atoms with Crippen molar-refractivity contribution in [2.75, 3.05) is 27.2 Å². The molecule has 1 aliphatic carbocycles. The number of hydrogen-bond donors (Lipinski definition) is 1. The predicted molar refractivity (Wildman–Crippen MR) is 58.1 cm³/mol. The third kappa shape index (κ3) is 4.09. The molecule has 1 saturated carbocycles. The highest BCUT2D eigenvalue weighted by Crippen LogP contribution is 2.28. The van der Waals surface area contributed by atoms with E-state index in [2.05, 4.69) is 5.32 Å². The molecule has 1 aliphatic rings. The molecular formula is C11H22N2O. The zero-order chi connectivity index (χ0) is 10.4. The molecule has 1 amide bonds. The number of rotatable bonds is 6. The highest BCUT2D eigenvalue weighted by Gasteiger charge is 2.16. The van der Waals surface area contributed by atoms with Gasteiger partial charge in [0, 0.05) is 27.1 Å². The number of nitrogens with one attached hydrogen (secondary N) is 1. The van der Waals surface area contributed by atoms with Crippen LogP contribution in [-0.4, -0.2) is 38.0 Å². The SMILES string of the molecule is CN(C)C(=O)CCNCCC1CCC1.